The summed E-state index contributed by atoms with van der Waals surface area (Å²) in [5.74, 6) is 2.40. The van der Waals surface area contributed by atoms with E-state index in [9.17, 15) is 4.79 Å². The maximum absolute atomic E-state index is 12.5. The first-order chi connectivity index (χ1) is 10.6. The monoisotopic (exact) mass is 313 g/mol. The molecule has 0 radical (unpaired) electrons. The van der Waals surface area contributed by atoms with E-state index in [1.165, 1.54) is 22.6 Å². The first-order valence-corrected chi connectivity index (χ1v) is 8.70. The smallest absolute Gasteiger partial charge is 0.263 e. The van der Waals surface area contributed by atoms with Crippen molar-refractivity contribution in [3.05, 3.63) is 45.7 Å². The summed E-state index contributed by atoms with van der Waals surface area (Å²) in [6.07, 6.45) is 2.98. The maximum Gasteiger partial charge on any atom is 0.263 e. The largest absolute Gasteiger partial charge is 0.337 e. The van der Waals surface area contributed by atoms with Crippen molar-refractivity contribution in [1.29, 1.82) is 0 Å². The molecule has 4 rings (SSSR count). The van der Waals surface area contributed by atoms with Crippen LogP contribution in [0.4, 0.5) is 0 Å². The van der Waals surface area contributed by atoms with Crippen LogP contribution in [0.5, 0.6) is 0 Å². The highest BCUT2D eigenvalue weighted by molar-refractivity contribution is 7.12. The normalized spacial score (nSPS) is 23.0. The molecule has 22 heavy (non-hydrogen) atoms. The number of aromatic nitrogens is 2. The van der Waals surface area contributed by atoms with Crippen LogP contribution >= 0.6 is 11.3 Å². The lowest BCUT2D eigenvalue weighted by molar-refractivity contribution is 0.0790. The molecule has 0 saturated carbocycles. The van der Waals surface area contributed by atoms with Crippen LogP contribution in [0.2, 0.25) is 0 Å². The number of nitrogens with zero attached hydrogens (tertiary/aromatic N) is 3. The molecule has 2 aliphatic rings. The highest BCUT2D eigenvalue weighted by atomic mass is 32.1. The molecule has 114 valence electrons. The summed E-state index contributed by atoms with van der Waals surface area (Å²) in [5.41, 5.74) is 2.47. The molecular weight excluding hydrogens is 294 g/mol. The van der Waals surface area contributed by atoms with E-state index in [0.717, 1.165) is 30.2 Å². The zero-order valence-electron chi connectivity index (χ0n) is 12.8. The van der Waals surface area contributed by atoms with Gasteiger partial charge in [0.25, 0.3) is 5.91 Å². The average Bonchev–Trinajstić information content (AvgIpc) is 3.21. The van der Waals surface area contributed by atoms with Gasteiger partial charge in [-0.25, -0.2) is 9.97 Å². The minimum Gasteiger partial charge on any atom is -0.337 e. The minimum absolute atomic E-state index is 0.172. The molecule has 1 amide bonds. The zero-order valence-corrected chi connectivity index (χ0v) is 13.6. The molecular formula is C17H19N3OS. The lowest BCUT2D eigenvalue weighted by Gasteiger charge is -2.17. The molecule has 1 aliphatic heterocycles. The van der Waals surface area contributed by atoms with Gasteiger partial charge in [0, 0.05) is 36.8 Å². The number of thiophene rings is 1. The highest BCUT2D eigenvalue weighted by Crippen LogP contribution is 2.42. The molecule has 1 saturated heterocycles. The molecule has 2 atom stereocenters. The number of carbonyl (C=O) groups is 1. The molecule has 0 bridgehead atoms. The second kappa shape index (κ2) is 5.16. The SMILES string of the molecule is CC(C)c1ncc2c(n1)CC1CN(C(=O)c3cccs3)CC21. The third-order valence-electron chi connectivity index (χ3n) is 4.75. The van der Waals surface area contributed by atoms with Gasteiger partial charge in [-0.15, -0.1) is 11.3 Å². The van der Waals surface area contributed by atoms with Gasteiger partial charge < -0.3 is 4.90 Å². The minimum atomic E-state index is 0.172. The van der Waals surface area contributed by atoms with E-state index in [1.807, 2.05) is 28.6 Å². The van der Waals surface area contributed by atoms with E-state index in [4.69, 9.17) is 4.98 Å². The summed E-state index contributed by atoms with van der Waals surface area (Å²) in [6.45, 7) is 5.89. The standard InChI is InChI=1S/C17H19N3OS/c1-10(2)16-18-7-12-13-9-20(8-11(13)6-14(12)19-16)17(21)15-4-3-5-22-15/h3-5,7,10-11,13H,6,8-9H2,1-2H3. The molecule has 0 spiro atoms. The van der Waals surface area contributed by atoms with Crippen molar-refractivity contribution in [2.24, 2.45) is 5.92 Å². The van der Waals surface area contributed by atoms with E-state index in [0.29, 0.717) is 17.8 Å². The fourth-order valence-electron chi connectivity index (χ4n) is 3.59. The molecule has 3 heterocycles. The van der Waals surface area contributed by atoms with Crippen LogP contribution in [-0.2, 0) is 6.42 Å². The van der Waals surface area contributed by atoms with Gasteiger partial charge in [0.05, 0.1) is 4.88 Å². The predicted molar refractivity (Wildman–Crippen MR) is 86.3 cm³/mol. The van der Waals surface area contributed by atoms with Crippen molar-refractivity contribution in [3.8, 4) is 0 Å². The Labute approximate surface area is 134 Å². The van der Waals surface area contributed by atoms with Crippen molar-refractivity contribution >= 4 is 17.2 Å². The van der Waals surface area contributed by atoms with E-state index in [2.05, 4.69) is 18.8 Å². The van der Waals surface area contributed by atoms with Gasteiger partial charge in [-0.05, 0) is 29.3 Å². The predicted octanol–water partition coefficient (Wildman–Crippen LogP) is 3.07. The van der Waals surface area contributed by atoms with Crippen molar-refractivity contribution < 1.29 is 4.79 Å². The summed E-state index contributed by atoms with van der Waals surface area (Å²) in [4.78, 5) is 24.6. The number of likely N-dealkylation sites (tertiary alicyclic amines) is 1. The quantitative estimate of drug-likeness (QED) is 0.856. The molecule has 4 nitrogen and oxygen atoms in total. The first-order valence-electron chi connectivity index (χ1n) is 7.82. The van der Waals surface area contributed by atoms with Gasteiger partial charge in [0.15, 0.2) is 0 Å². The second-order valence-electron chi connectivity index (χ2n) is 6.54. The Bertz CT molecular complexity index is 711. The molecule has 0 N–H and O–H groups in total. The van der Waals surface area contributed by atoms with Crippen molar-refractivity contribution in [3.63, 3.8) is 0 Å². The summed E-state index contributed by atoms with van der Waals surface area (Å²) in [6, 6.07) is 3.85. The Morgan fingerprint density at radius 3 is 3.00 bits per heavy atom. The summed E-state index contributed by atoms with van der Waals surface area (Å²) in [5, 5.41) is 1.96. The van der Waals surface area contributed by atoms with Gasteiger partial charge >= 0.3 is 0 Å². The van der Waals surface area contributed by atoms with Crippen LogP contribution in [0, 0.1) is 5.92 Å². The van der Waals surface area contributed by atoms with E-state index < -0.39 is 0 Å². The van der Waals surface area contributed by atoms with E-state index in [-0.39, 0.29) is 5.91 Å². The van der Waals surface area contributed by atoms with Crippen molar-refractivity contribution in [1.82, 2.24) is 14.9 Å². The van der Waals surface area contributed by atoms with E-state index in [1.54, 1.807) is 0 Å². The van der Waals surface area contributed by atoms with Crippen LogP contribution in [-0.4, -0.2) is 33.9 Å². The molecule has 1 aliphatic carbocycles. The Kier molecular flexibility index (Phi) is 3.26. The lowest BCUT2D eigenvalue weighted by atomic mass is 9.97. The van der Waals surface area contributed by atoms with Gasteiger partial charge in [-0.2, -0.15) is 0 Å². The van der Waals surface area contributed by atoms with Gasteiger partial charge in [0.1, 0.15) is 5.82 Å². The topological polar surface area (TPSA) is 46.1 Å². The molecule has 5 heteroatoms. The van der Waals surface area contributed by atoms with Crippen LogP contribution in [0.3, 0.4) is 0 Å². The van der Waals surface area contributed by atoms with Gasteiger partial charge in [-0.3, -0.25) is 4.79 Å². The summed E-state index contributed by atoms with van der Waals surface area (Å²) >= 11 is 1.52. The molecule has 2 aromatic heterocycles. The van der Waals surface area contributed by atoms with Crippen LogP contribution in [0.15, 0.2) is 23.7 Å². The Morgan fingerprint density at radius 1 is 1.41 bits per heavy atom. The Hall–Kier alpha value is -1.75. The Morgan fingerprint density at radius 2 is 2.27 bits per heavy atom. The fourth-order valence-corrected chi connectivity index (χ4v) is 4.28. The highest BCUT2D eigenvalue weighted by Gasteiger charge is 2.42. The molecule has 2 unspecified atom stereocenters. The third-order valence-corrected chi connectivity index (χ3v) is 5.61. The number of hydrogen-bond donors (Lipinski definition) is 0. The molecule has 2 aromatic rings. The van der Waals surface area contributed by atoms with Crippen molar-refractivity contribution in [2.45, 2.75) is 32.1 Å². The number of rotatable bonds is 2. The average molecular weight is 313 g/mol. The number of carbonyl (C=O) groups excluding carboxylic acids is 1. The molecule has 1 fully saturated rings. The Balaban J connectivity index is 1.56. The van der Waals surface area contributed by atoms with Crippen LogP contribution in [0.25, 0.3) is 0 Å². The summed E-state index contributed by atoms with van der Waals surface area (Å²) in [7, 11) is 0. The fraction of sp³-hybridized carbons (Fsp3) is 0.471. The maximum atomic E-state index is 12.5. The number of amides is 1. The second-order valence-corrected chi connectivity index (χ2v) is 7.49. The van der Waals surface area contributed by atoms with Gasteiger partial charge in [-0.1, -0.05) is 19.9 Å². The van der Waals surface area contributed by atoms with E-state index >= 15 is 0 Å². The van der Waals surface area contributed by atoms with Gasteiger partial charge in [0.2, 0.25) is 0 Å². The summed E-state index contributed by atoms with van der Waals surface area (Å²) < 4.78 is 0. The van der Waals surface area contributed by atoms with Crippen LogP contribution < -0.4 is 0 Å². The van der Waals surface area contributed by atoms with Crippen molar-refractivity contribution in [2.75, 3.05) is 13.1 Å². The van der Waals surface area contributed by atoms with Crippen LogP contribution in [0.1, 0.15) is 52.4 Å². The number of hydrogen-bond acceptors (Lipinski definition) is 4. The zero-order chi connectivity index (χ0) is 15.3. The number of fused-ring (bicyclic) bond motifs is 3. The first kappa shape index (κ1) is 13.9. The molecule has 0 aromatic carbocycles. The third kappa shape index (κ3) is 2.15. The lowest BCUT2D eigenvalue weighted by Crippen LogP contribution is -2.29.